The molecule has 7 heteroatoms. The second kappa shape index (κ2) is 5.72. The molecule has 0 saturated carbocycles. The Balaban J connectivity index is 1.53. The number of nitrogens with zero attached hydrogens (tertiary/aromatic N) is 4. The average molecular weight is 314 g/mol. The van der Waals surface area contributed by atoms with Crippen molar-refractivity contribution in [3.63, 3.8) is 0 Å². The minimum absolute atomic E-state index is 0.0658. The van der Waals surface area contributed by atoms with Crippen LogP contribution in [-0.4, -0.2) is 50.4 Å². The van der Waals surface area contributed by atoms with Gasteiger partial charge in [0.05, 0.1) is 11.7 Å². The fourth-order valence-electron chi connectivity index (χ4n) is 3.55. The zero-order valence-electron chi connectivity index (χ0n) is 13.4. The molecule has 2 aromatic heterocycles. The molecular weight excluding hydrogens is 292 g/mol. The smallest absolute Gasteiger partial charge is 0.272 e. The number of hydrogen-bond acceptors (Lipinski definition) is 4. The van der Waals surface area contributed by atoms with Crippen molar-refractivity contribution in [1.82, 2.24) is 24.9 Å². The Labute approximate surface area is 135 Å². The Kier molecular flexibility index (Phi) is 3.55. The van der Waals surface area contributed by atoms with Crippen LogP contribution in [0.5, 0.6) is 0 Å². The molecule has 2 aliphatic heterocycles. The second-order valence-corrected chi connectivity index (χ2v) is 6.44. The second-order valence-electron chi connectivity index (χ2n) is 6.44. The Morgan fingerprint density at radius 3 is 3.13 bits per heavy atom. The van der Waals surface area contributed by atoms with Gasteiger partial charge in [-0.05, 0) is 38.7 Å². The molecule has 1 saturated heterocycles. The van der Waals surface area contributed by atoms with Gasteiger partial charge in [-0.1, -0.05) is 0 Å². The van der Waals surface area contributed by atoms with Crippen LogP contribution in [0.1, 0.15) is 47.1 Å². The van der Waals surface area contributed by atoms with Gasteiger partial charge in [0.2, 0.25) is 0 Å². The number of amides is 1. The van der Waals surface area contributed by atoms with E-state index in [1.54, 1.807) is 0 Å². The molecule has 0 aliphatic carbocycles. The molecule has 1 atom stereocenters. The molecule has 0 aromatic carbocycles. The lowest BCUT2D eigenvalue weighted by molar-refractivity contribution is 0.0665. The number of nitrogens with one attached hydrogen (secondary N) is 2. The number of carbonyl (C=O) groups excluding carboxylic acids is 1. The summed E-state index contributed by atoms with van der Waals surface area (Å²) in [4.78, 5) is 14.9. The molecule has 23 heavy (non-hydrogen) atoms. The van der Waals surface area contributed by atoms with E-state index in [0.29, 0.717) is 12.2 Å². The summed E-state index contributed by atoms with van der Waals surface area (Å²) in [6.07, 6.45) is 6.03. The zero-order valence-corrected chi connectivity index (χ0v) is 13.4. The lowest BCUT2D eigenvalue weighted by Gasteiger charge is -2.32. The summed E-state index contributed by atoms with van der Waals surface area (Å²) in [5.74, 6) is 0.909. The van der Waals surface area contributed by atoms with E-state index < -0.39 is 0 Å². The summed E-state index contributed by atoms with van der Waals surface area (Å²) in [5, 5.41) is 15.0. The Hall–Kier alpha value is -2.31. The number of aromatic amines is 1. The van der Waals surface area contributed by atoms with Gasteiger partial charge in [0.15, 0.2) is 5.82 Å². The van der Waals surface area contributed by atoms with Crippen molar-refractivity contribution in [3.05, 3.63) is 29.2 Å². The Bertz CT molecular complexity index is 718. The summed E-state index contributed by atoms with van der Waals surface area (Å²) in [5.41, 5.74) is 2.71. The molecule has 7 nitrogen and oxygen atoms in total. The Morgan fingerprint density at radius 2 is 2.30 bits per heavy atom. The van der Waals surface area contributed by atoms with Gasteiger partial charge in [-0.15, -0.1) is 0 Å². The van der Waals surface area contributed by atoms with Gasteiger partial charge in [-0.25, -0.2) is 0 Å². The van der Waals surface area contributed by atoms with Gasteiger partial charge < -0.3 is 10.2 Å². The number of carbonyl (C=O) groups is 1. The van der Waals surface area contributed by atoms with Crippen LogP contribution in [0.4, 0.5) is 5.82 Å². The minimum atomic E-state index is 0.0658. The molecule has 2 N–H and O–H groups in total. The molecule has 4 rings (SSSR count). The van der Waals surface area contributed by atoms with E-state index in [2.05, 4.69) is 20.6 Å². The number of hydrogen-bond donors (Lipinski definition) is 2. The monoisotopic (exact) mass is 314 g/mol. The number of piperidine rings is 1. The number of likely N-dealkylation sites (tertiary alicyclic amines) is 1. The van der Waals surface area contributed by atoms with E-state index in [-0.39, 0.29) is 11.9 Å². The van der Waals surface area contributed by atoms with Gasteiger partial charge in [0, 0.05) is 31.4 Å². The fraction of sp³-hybridized carbons (Fsp3) is 0.562. The number of aromatic nitrogens is 4. The summed E-state index contributed by atoms with van der Waals surface area (Å²) in [6.45, 7) is 4.43. The van der Waals surface area contributed by atoms with Crippen LogP contribution in [0.3, 0.4) is 0 Å². The van der Waals surface area contributed by atoms with Crippen molar-refractivity contribution in [2.45, 2.75) is 38.6 Å². The molecule has 1 fully saturated rings. The third kappa shape index (κ3) is 2.60. The first-order valence-electron chi connectivity index (χ1n) is 8.34. The fourth-order valence-corrected chi connectivity index (χ4v) is 3.55. The van der Waals surface area contributed by atoms with Crippen molar-refractivity contribution in [3.8, 4) is 0 Å². The predicted octanol–water partition coefficient (Wildman–Crippen LogP) is 1.75. The SMILES string of the molecule is Cc1ccn(C2CCCN(C(=O)c3[nH]nc4c3CCCN4)C2)n1. The van der Waals surface area contributed by atoms with Crippen molar-refractivity contribution >= 4 is 11.7 Å². The van der Waals surface area contributed by atoms with Crippen molar-refractivity contribution in [2.24, 2.45) is 0 Å². The highest BCUT2D eigenvalue weighted by atomic mass is 16.2. The van der Waals surface area contributed by atoms with E-state index in [1.165, 1.54) is 0 Å². The molecule has 1 amide bonds. The maximum atomic E-state index is 12.9. The van der Waals surface area contributed by atoms with Gasteiger partial charge in [-0.3, -0.25) is 14.6 Å². The maximum absolute atomic E-state index is 12.9. The summed E-state index contributed by atoms with van der Waals surface area (Å²) in [6, 6.07) is 2.27. The van der Waals surface area contributed by atoms with Crippen LogP contribution in [-0.2, 0) is 6.42 Å². The van der Waals surface area contributed by atoms with Crippen LogP contribution in [0, 0.1) is 6.92 Å². The molecule has 0 spiro atoms. The maximum Gasteiger partial charge on any atom is 0.272 e. The van der Waals surface area contributed by atoms with Crippen LogP contribution < -0.4 is 5.32 Å². The van der Waals surface area contributed by atoms with E-state index in [9.17, 15) is 4.79 Å². The normalized spacial score (nSPS) is 20.9. The summed E-state index contributed by atoms with van der Waals surface area (Å²) >= 11 is 0. The summed E-state index contributed by atoms with van der Waals surface area (Å²) in [7, 11) is 0. The standard InChI is InChI=1S/C16H22N6O/c1-11-6-9-22(20-11)12-4-3-8-21(10-12)16(23)14-13-5-2-7-17-15(13)19-18-14/h6,9,12H,2-5,7-8,10H2,1H3,(H2,17,18,19). The topological polar surface area (TPSA) is 78.8 Å². The van der Waals surface area contributed by atoms with Gasteiger partial charge in [0.1, 0.15) is 5.69 Å². The van der Waals surface area contributed by atoms with Gasteiger partial charge in [-0.2, -0.15) is 10.2 Å². The zero-order chi connectivity index (χ0) is 15.8. The van der Waals surface area contributed by atoms with E-state index in [1.807, 2.05) is 28.8 Å². The molecule has 2 aromatic rings. The predicted molar refractivity (Wildman–Crippen MR) is 86.5 cm³/mol. The van der Waals surface area contributed by atoms with E-state index >= 15 is 0 Å². The first-order valence-corrected chi connectivity index (χ1v) is 8.34. The van der Waals surface area contributed by atoms with Crippen molar-refractivity contribution in [1.29, 1.82) is 0 Å². The van der Waals surface area contributed by atoms with E-state index in [0.717, 1.165) is 55.8 Å². The largest absolute Gasteiger partial charge is 0.368 e. The quantitative estimate of drug-likeness (QED) is 0.885. The van der Waals surface area contributed by atoms with E-state index in [4.69, 9.17) is 0 Å². The number of H-pyrrole nitrogens is 1. The molecule has 0 bridgehead atoms. The van der Waals surface area contributed by atoms with Crippen LogP contribution >= 0.6 is 0 Å². The van der Waals surface area contributed by atoms with Crippen LogP contribution in [0.25, 0.3) is 0 Å². The van der Waals surface area contributed by atoms with Crippen LogP contribution in [0.2, 0.25) is 0 Å². The van der Waals surface area contributed by atoms with Crippen molar-refractivity contribution < 1.29 is 4.79 Å². The molecule has 122 valence electrons. The number of rotatable bonds is 2. The highest BCUT2D eigenvalue weighted by molar-refractivity contribution is 5.95. The molecular formula is C16H22N6O. The molecule has 1 unspecified atom stereocenters. The number of anilines is 1. The van der Waals surface area contributed by atoms with Crippen LogP contribution in [0.15, 0.2) is 12.3 Å². The number of aryl methyl sites for hydroxylation is 1. The number of fused-ring (bicyclic) bond motifs is 1. The highest BCUT2D eigenvalue weighted by Crippen LogP contribution is 2.26. The summed E-state index contributed by atoms with van der Waals surface area (Å²) < 4.78 is 2.00. The lowest BCUT2D eigenvalue weighted by atomic mass is 10.0. The van der Waals surface area contributed by atoms with Gasteiger partial charge in [0.25, 0.3) is 5.91 Å². The molecule has 2 aliphatic rings. The first-order chi connectivity index (χ1) is 11.2. The Morgan fingerprint density at radius 1 is 1.39 bits per heavy atom. The average Bonchev–Trinajstić information content (AvgIpc) is 3.20. The molecule has 4 heterocycles. The minimum Gasteiger partial charge on any atom is -0.368 e. The van der Waals surface area contributed by atoms with Gasteiger partial charge >= 0.3 is 0 Å². The molecule has 0 radical (unpaired) electrons. The first kappa shape index (κ1) is 14.3. The van der Waals surface area contributed by atoms with Crippen molar-refractivity contribution in [2.75, 3.05) is 25.0 Å². The third-order valence-corrected chi connectivity index (χ3v) is 4.78. The lowest BCUT2D eigenvalue weighted by Crippen LogP contribution is -2.41. The highest BCUT2D eigenvalue weighted by Gasteiger charge is 2.29. The third-order valence-electron chi connectivity index (χ3n) is 4.78.